The molecule has 0 saturated heterocycles. The zero-order valence-electron chi connectivity index (χ0n) is 8.41. The lowest BCUT2D eigenvalue weighted by Crippen LogP contribution is -2.54. The molecule has 0 aromatic heterocycles. The van der Waals surface area contributed by atoms with Gasteiger partial charge in [0.15, 0.2) is 0 Å². The van der Waals surface area contributed by atoms with Crippen molar-refractivity contribution in [3.8, 4) is 0 Å². The molecule has 14 heteroatoms. The number of halogens is 10. The molecule has 0 spiro atoms. The minimum Gasteiger partial charge on any atom is -0.209 e. The standard InChI is InChI=1S/C6F10O3S/c7-1-2(8)4(11,5(12,13)3(1,9)10)19-20(17,18)6(14,15)16. The highest BCUT2D eigenvalue weighted by Gasteiger charge is 2.84. The summed E-state index contributed by atoms with van der Waals surface area (Å²) in [4.78, 5) is 0. The zero-order valence-corrected chi connectivity index (χ0v) is 9.23. The van der Waals surface area contributed by atoms with Gasteiger partial charge in [-0.1, -0.05) is 0 Å². The van der Waals surface area contributed by atoms with Crippen LogP contribution in [0.25, 0.3) is 0 Å². The molecule has 1 rings (SSSR count). The molecule has 0 bridgehead atoms. The summed E-state index contributed by atoms with van der Waals surface area (Å²) >= 11 is 0. The molecular formula is C6F10O3S. The van der Waals surface area contributed by atoms with Crippen molar-refractivity contribution in [2.24, 2.45) is 0 Å². The maximum atomic E-state index is 13.3. The van der Waals surface area contributed by atoms with Gasteiger partial charge in [-0.25, -0.2) is 13.0 Å². The molecule has 118 valence electrons. The molecule has 0 heterocycles. The maximum absolute atomic E-state index is 13.3. The zero-order chi connectivity index (χ0) is 16.4. The number of hydrogen-bond acceptors (Lipinski definition) is 3. The fourth-order valence-electron chi connectivity index (χ4n) is 1.04. The van der Waals surface area contributed by atoms with Gasteiger partial charge in [-0.15, -0.1) is 0 Å². The van der Waals surface area contributed by atoms with Crippen LogP contribution in [-0.2, 0) is 14.3 Å². The summed E-state index contributed by atoms with van der Waals surface area (Å²) < 4.78 is 147. The van der Waals surface area contributed by atoms with Crippen LogP contribution >= 0.6 is 0 Å². The number of rotatable bonds is 2. The molecule has 20 heavy (non-hydrogen) atoms. The van der Waals surface area contributed by atoms with E-state index in [1.165, 1.54) is 0 Å². The highest BCUT2D eigenvalue weighted by atomic mass is 32.2. The van der Waals surface area contributed by atoms with Crippen molar-refractivity contribution in [1.82, 2.24) is 0 Å². The summed E-state index contributed by atoms with van der Waals surface area (Å²) in [5.74, 6) is -26.5. The molecule has 0 radical (unpaired) electrons. The average Bonchev–Trinajstić information content (AvgIpc) is 2.30. The Labute approximate surface area is 102 Å². The molecule has 1 aliphatic carbocycles. The third-order valence-corrected chi connectivity index (χ3v) is 3.07. The SMILES string of the molecule is O=S(=O)(OC1(F)C(F)=C(F)C(F)(F)C1(F)F)C(F)(F)F. The van der Waals surface area contributed by atoms with E-state index < -0.39 is 45.0 Å². The van der Waals surface area contributed by atoms with Gasteiger partial charge in [0.2, 0.25) is 11.7 Å². The van der Waals surface area contributed by atoms with Crippen molar-refractivity contribution in [2.75, 3.05) is 0 Å². The monoisotopic (exact) mass is 342 g/mol. The molecule has 0 amide bonds. The lowest BCUT2D eigenvalue weighted by Gasteiger charge is -2.28. The van der Waals surface area contributed by atoms with Gasteiger partial charge in [0.1, 0.15) is 0 Å². The Balaban J connectivity index is 3.45. The summed E-state index contributed by atoms with van der Waals surface area (Å²) in [5, 5.41) is 0. The van der Waals surface area contributed by atoms with Crippen molar-refractivity contribution in [2.45, 2.75) is 23.2 Å². The fraction of sp³-hybridized carbons (Fsp3) is 0.667. The Morgan fingerprint density at radius 1 is 0.900 bits per heavy atom. The highest BCUT2D eigenvalue weighted by Crippen LogP contribution is 2.60. The predicted octanol–water partition coefficient (Wildman–Crippen LogP) is 2.95. The Morgan fingerprint density at radius 3 is 1.55 bits per heavy atom. The second kappa shape index (κ2) is 3.99. The van der Waals surface area contributed by atoms with Gasteiger partial charge in [-0.2, -0.15) is 43.5 Å². The summed E-state index contributed by atoms with van der Waals surface area (Å²) in [6.07, 6.45) is 0. The van der Waals surface area contributed by atoms with Crippen LogP contribution < -0.4 is 0 Å². The molecule has 0 aliphatic heterocycles. The van der Waals surface area contributed by atoms with Crippen LogP contribution in [0.2, 0.25) is 0 Å². The molecule has 3 nitrogen and oxygen atoms in total. The van der Waals surface area contributed by atoms with Crippen molar-refractivity contribution in [3.05, 3.63) is 11.7 Å². The second-order valence-electron chi connectivity index (χ2n) is 3.36. The van der Waals surface area contributed by atoms with E-state index in [2.05, 4.69) is 4.18 Å². The molecule has 0 aromatic carbocycles. The number of allylic oxidation sites excluding steroid dienone is 1. The molecule has 0 N–H and O–H groups in total. The van der Waals surface area contributed by atoms with Gasteiger partial charge in [0, 0.05) is 0 Å². The van der Waals surface area contributed by atoms with E-state index in [1.54, 1.807) is 0 Å². The summed E-state index contributed by atoms with van der Waals surface area (Å²) in [6.45, 7) is 0. The lowest BCUT2D eigenvalue weighted by atomic mass is 10.1. The first-order valence-electron chi connectivity index (χ1n) is 4.05. The molecule has 1 atom stereocenters. The van der Waals surface area contributed by atoms with Gasteiger partial charge in [-0.05, 0) is 0 Å². The van der Waals surface area contributed by atoms with Gasteiger partial charge in [-0.3, -0.25) is 0 Å². The molecule has 1 aliphatic rings. The van der Waals surface area contributed by atoms with Gasteiger partial charge in [0.05, 0.1) is 0 Å². The summed E-state index contributed by atoms with van der Waals surface area (Å²) in [7, 11) is -7.25. The molecule has 1 unspecified atom stereocenters. The molecule has 0 saturated carbocycles. The van der Waals surface area contributed by atoms with Crippen molar-refractivity contribution in [3.63, 3.8) is 0 Å². The van der Waals surface area contributed by atoms with E-state index in [0.29, 0.717) is 0 Å². The van der Waals surface area contributed by atoms with Crippen LogP contribution in [0, 0.1) is 0 Å². The Hall–Kier alpha value is -1.05. The predicted molar refractivity (Wildman–Crippen MR) is 39.0 cm³/mol. The summed E-state index contributed by atoms with van der Waals surface area (Å²) in [5.41, 5.74) is -6.53. The first-order chi connectivity index (χ1) is 8.52. The smallest absolute Gasteiger partial charge is 0.209 e. The fourth-order valence-corrected chi connectivity index (χ4v) is 1.62. The quantitative estimate of drug-likeness (QED) is 0.440. The van der Waals surface area contributed by atoms with E-state index in [4.69, 9.17) is 0 Å². The third kappa shape index (κ3) is 1.88. The van der Waals surface area contributed by atoms with Crippen molar-refractivity contribution in [1.29, 1.82) is 0 Å². The second-order valence-corrected chi connectivity index (χ2v) is 4.89. The minimum absolute atomic E-state index is 2.16. The normalized spacial score (nSPS) is 29.9. The van der Waals surface area contributed by atoms with E-state index in [9.17, 15) is 52.3 Å². The Bertz CT molecular complexity index is 560. The van der Waals surface area contributed by atoms with Gasteiger partial charge in [0.25, 0.3) is 0 Å². The van der Waals surface area contributed by atoms with Crippen LogP contribution in [0.5, 0.6) is 0 Å². The van der Waals surface area contributed by atoms with Crippen LogP contribution in [-0.4, -0.2) is 31.6 Å². The van der Waals surface area contributed by atoms with E-state index >= 15 is 0 Å². The van der Waals surface area contributed by atoms with Crippen LogP contribution in [0.4, 0.5) is 43.9 Å². The van der Waals surface area contributed by atoms with E-state index in [-0.39, 0.29) is 0 Å². The Morgan fingerprint density at radius 2 is 1.30 bits per heavy atom. The topological polar surface area (TPSA) is 43.4 Å². The molecular weight excluding hydrogens is 342 g/mol. The minimum atomic E-state index is -7.25. The number of hydrogen-bond donors (Lipinski definition) is 0. The molecule has 0 aromatic rings. The average molecular weight is 342 g/mol. The van der Waals surface area contributed by atoms with Crippen molar-refractivity contribution >= 4 is 10.1 Å². The van der Waals surface area contributed by atoms with Gasteiger partial charge < -0.3 is 0 Å². The maximum Gasteiger partial charge on any atom is 0.523 e. The van der Waals surface area contributed by atoms with E-state index in [1.807, 2.05) is 0 Å². The largest absolute Gasteiger partial charge is 0.523 e. The first-order valence-corrected chi connectivity index (χ1v) is 5.46. The summed E-state index contributed by atoms with van der Waals surface area (Å²) in [6, 6.07) is 0. The lowest BCUT2D eigenvalue weighted by molar-refractivity contribution is -0.287. The first kappa shape index (κ1) is 17.0. The van der Waals surface area contributed by atoms with Crippen molar-refractivity contribution < 1.29 is 56.5 Å². The van der Waals surface area contributed by atoms with Crippen LogP contribution in [0.15, 0.2) is 11.7 Å². The number of alkyl halides is 8. The van der Waals surface area contributed by atoms with Crippen LogP contribution in [0.1, 0.15) is 0 Å². The van der Waals surface area contributed by atoms with E-state index in [0.717, 1.165) is 0 Å². The van der Waals surface area contributed by atoms with Gasteiger partial charge >= 0.3 is 33.3 Å². The third-order valence-electron chi connectivity index (χ3n) is 2.06. The molecule has 0 fully saturated rings. The Kier molecular flexibility index (Phi) is 3.39. The highest BCUT2D eigenvalue weighted by molar-refractivity contribution is 7.87. The van der Waals surface area contributed by atoms with Crippen LogP contribution in [0.3, 0.4) is 0 Å².